The molecule has 1 nitrogen and oxygen atoms in total. The van der Waals surface area contributed by atoms with Crippen molar-refractivity contribution in [2.24, 2.45) is 0 Å². The van der Waals surface area contributed by atoms with Gasteiger partial charge in [0.05, 0.1) is 5.02 Å². The molecule has 0 aliphatic carbocycles. The second-order valence-corrected chi connectivity index (χ2v) is 3.02. The molecule has 0 unspecified atom stereocenters. The molecule has 13 heavy (non-hydrogen) atoms. The van der Waals surface area contributed by atoms with Crippen LogP contribution in [-0.2, 0) is 5.75 Å². The van der Waals surface area contributed by atoms with Crippen LogP contribution in [0, 0.1) is 0 Å². The fraction of sp³-hybridized carbons (Fsp3) is 0.250. The minimum Gasteiger partial charge on any atom is -0.433 e. The lowest BCUT2D eigenvalue weighted by atomic mass is 10.2. The summed E-state index contributed by atoms with van der Waals surface area (Å²) in [6.07, 6.45) is 0. The van der Waals surface area contributed by atoms with Gasteiger partial charge in [-0.05, 0) is 17.7 Å². The van der Waals surface area contributed by atoms with Crippen LogP contribution >= 0.6 is 24.2 Å². The molecule has 0 heterocycles. The molecule has 0 atom stereocenters. The average Bonchev–Trinajstić information content (AvgIpc) is 2.08. The number of hydrogen-bond acceptors (Lipinski definition) is 2. The summed E-state index contributed by atoms with van der Waals surface area (Å²) in [6, 6.07) is 4.59. The van der Waals surface area contributed by atoms with Crippen LogP contribution in [-0.4, -0.2) is 6.61 Å². The molecule has 0 bridgehead atoms. The van der Waals surface area contributed by atoms with E-state index in [0.29, 0.717) is 5.75 Å². The molecule has 0 aromatic heterocycles. The van der Waals surface area contributed by atoms with Crippen molar-refractivity contribution >= 4 is 24.2 Å². The molecule has 72 valence electrons. The van der Waals surface area contributed by atoms with Gasteiger partial charge in [-0.25, -0.2) is 0 Å². The first-order valence-corrected chi connectivity index (χ1v) is 4.48. The Labute approximate surface area is 85.1 Å². The van der Waals surface area contributed by atoms with E-state index in [1.54, 1.807) is 12.1 Å². The molecule has 0 aliphatic heterocycles. The van der Waals surface area contributed by atoms with Crippen LogP contribution < -0.4 is 4.74 Å². The summed E-state index contributed by atoms with van der Waals surface area (Å²) in [5.41, 5.74) is 0.856. The van der Waals surface area contributed by atoms with Gasteiger partial charge in [0.1, 0.15) is 5.75 Å². The number of benzene rings is 1. The van der Waals surface area contributed by atoms with Crippen LogP contribution in [0.4, 0.5) is 8.78 Å². The second-order valence-electron chi connectivity index (χ2n) is 2.30. The van der Waals surface area contributed by atoms with Gasteiger partial charge in [0.2, 0.25) is 0 Å². The van der Waals surface area contributed by atoms with Crippen molar-refractivity contribution in [3.05, 3.63) is 28.8 Å². The lowest BCUT2D eigenvalue weighted by Crippen LogP contribution is -2.02. The molecule has 1 aromatic rings. The van der Waals surface area contributed by atoms with Gasteiger partial charge in [-0.3, -0.25) is 0 Å². The summed E-state index contributed by atoms with van der Waals surface area (Å²) >= 11 is 9.67. The predicted molar refractivity (Wildman–Crippen MR) is 50.8 cm³/mol. The van der Waals surface area contributed by atoms with E-state index in [4.69, 9.17) is 11.6 Å². The van der Waals surface area contributed by atoms with E-state index in [9.17, 15) is 8.78 Å². The lowest BCUT2D eigenvalue weighted by molar-refractivity contribution is -0.0497. The van der Waals surface area contributed by atoms with E-state index in [1.165, 1.54) is 6.07 Å². The Balaban J connectivity index is 2.85. The first-order chi connectivity index (χ1) is 6.13. The maximum Gasteiger partial charge on any atom is 0.387 e. The molecule has 0 spiro atoms. The zero-order valence-corrected chi connectivity index (χ0v) is 8.16. The topological polar surface area (TPSA) is 9.23 Å². The number of halogens is 3. The summed E-state index contributed by atoms with van der Waals surface area (Å²) in [4.78, 5) is 0. The molecular formula is C8H7ClF2OS. The summed E-state index contributed by atoms with van der Waals surface area (Å²) in [5, 5.41) is 0.173. The standard InChI is InChI=1S/C8H7ClF2OS/c9-6-3-5(4-13)1-2-7(6)12-8(10)11/h1-3,8,13H,4H2. The fourth-order valence-electron chi connectivity index (χ4n) is 0.834. The summed E-state index contributed by atoms with van der Waals surface area (Å²) < 4.78 is 27.7. The third-order valence-electron chi connectivity index (χ3n) is 1.39. The third-order valence-corrected chi connectivity index (χ3v) is 2.06. The van der Waals surface area contributed by atoms with Crippen molar-refractivity contribution in [2.45, 2.75) is 12.4 Å². The highest BCUT2D eigenvalue weighted by Gasteiger charge is 2.08. The predicted octanol–water partition coefficient (Wildman–Crippen LogP) is 3.37. The molecule has 1 rings (SSSR count). The number of rotatable bonds is 3. The monoisotopic (exact) mass is 224 g/mol. The Kier molecular flexibility index (Phi) is 3.81. The van der Waals surface area contributed by atoms with Gasteiger partial charge in [-0.2, -0.15) is 21.4 Å². The molecule has 5 heteroatoms. The molecule has 0 N–H and O–H groups in total. The third kappa shape index (κ3) is 3.04. The van der Waals surface area contributed by atoms with Crippen LogP contribution in [0.1, 0.15) is 5.56 Å². The van der Waals surface area contributed by atoms with E-state index in [2.05, 4.69) is 17.4 Å². The Morgan fingerprint density at radius 1 is 1.46 bits per heavy atom. The molecule has 1 aromatic carbocycles. The Bertz CT molecular complexity index is 293. The maximum absolute atomic E-state index is 11.8. The van der Waals surface area contributed by atoms with E-state index in [1.807, 2.05) is 0 Å². The smallest absolute Gasteiger partial charge is 0.387 e. The van der Waals surface area contributed by atoms with E-state index >= 15 is 0 Å². The minimum atomic E-state index is -2.85. The normalized spacial score (nSPS) is 10.5. The summed E-state index contributed by atoms with van der Waals surface area (Å²) in [7, 11) is 0. The molecule has 0 radical (unpaired) electrons. The fourth-order valence-corrected chi connectivity index (χ4v) is 1.28. The van der Waals surface area contributed by atoms with Crippen LogP contribution in [0.25, 0.3) is 0 Å². The highest BCUT2D eigenvalue weighted by atomic mass is 35.5. The van der Waals surface area contributed by atoms with Crippen LogP contribution in [0.2, 0.25) is 5.02 Å². The van der Waals surface area contributed by atoms with Crippen molar-refractivity contribution in [2.75, 3.05) is 0 Å². The first kappa shape index (κ1) is 10.6. The van der Waals surface area contributed by atoms with Gasteiger partial charge in [-0.1, -0.05) is 17.7 Å². The van der Waals surface area contributed by atoms with Crippen molar-refractivity contribution in [1.82, 2.24) is 0 Å². The minimum absolute atomic E-state index is 0.0119. The SMILES string of the molecule is FC(F)Oc1ccc(CS)cc1Cl. The zero-order valence-electron chi connectivity index (χ0n) is 6.51. The van der Waals surface area contributed by atoms with Crippen molar-refractivity contribution < 1.29 is 13.5 Å². The molecule has 0 fully saturated rings. The lowest BCUT2D eigenvalue weighted by Gasteiger charge is -2.06. The van der Waals surface area contributed by atoms with Gasteiger partial charge in [-0.15, -0.1) is 0 Å². The van der Waals surface area contributed by atoms with Crippen molar-refractivity contribution in [3.63, 3.8) is 0 Å². The van der Waals surface area contributed by atoms with Gasteiger partial charge >= 0.3 is 6.61 Å². The Morgan fingerprint density at radius 2 is 2.15 bits per heavy atom. The summed E-state index contributed by atoms with van der Waals surface area (Å²) in [6.45, 7) is -2.85. The van der Waals surface area contributed by atoms with Gasteiger partial charge in [0, 0.05) is 5.75 Å². The quantitative estimate of drug-likeness (QED) is 0.775. The molecule has 0 amide bonds. The number of alkyl halides is 2. The van der Waals surface area contributed by atoms with Crippen molar-refractivity contribution in [1.29, 1.82) is 0 Å². The molecule has 0 aliphatic rings. The largest absolute Gasteiger partial charge is 0.433 e. The Morgan fingerprint density at radius 3 is 2.62 bits per heavy atom. The molecule has 0 saturated carbocycles. The van der Waals surface area contributed by atoms with E-state index < -0.39 is 6.61 Å². The molecule has 0 saturated heterocycles. The van der Waals surface area contributed by atoms with Gasteiger partial charge < -0.3 is 4.74 Å². The average molecular weight is 225 g/mol. The zero-order chi connectivity index (χ0) is 9.84. The number of thiol groups is 1. The highest BCUT2D eigenvalue weighted by Crippen LogP contribution is 2.27. The first-order valence-electron chi connectivity index (χ1n) is 3.47. The highest BCUT2D eigenvalue weighted by molar-refractivity contribution is 7.79. The van der Waals surface area contributed by atoms with Crippen LogP contribution in [0.5, 0.6) is 5.75 Å². The second kappa shape index (κ2) is 4.67. The molecular weight excluding hydrogens is 218 g/mol. The van der Waals surface area contributed by atoms with Gasteiger partial charge in [0.15, 0.2) is 0 Å². The van der Waals surface area contributed by atoms with Crippen LogP contribution in [0.3, 0.4) is 0 Å². The summed E-state index contributed by atoms with van der Waals surface area (Å²) in [5.74, 6) is 0.497. The number of hydrogen-bond donors (Lipinski definition) is 1. The number of ether oxygens (including phenoxy) is 1. The van der Waals surface area contributed by atoms with Crippen molar-refractivity contribution in [3.8, 4) is 5.75 Å². The van der Waals surface area contributed by atoms with Crippen LogP contribution in [0.15, 0.2) is 18.2 Å². The van der Waals surface area contributed by atoms with Gasteiger partial charge in [0.25, 0.3) is 0 Å². The van der Waals surface area contributed by atoms with E-state index in [-0.39, 0.29) is 10.8 Å². The Hall–Kier alpha value is -0.480. The maximum atomic E-state index is 11.8. The van der Waals surface area contributed by atoms with E-state index in [0.717, 1.165) is 5.56 Å².